The van der Waals surface area contributed by atoms with Gasteiger partial charge in [-0.2, -0.15) is 0 Å². The third kappa shape index (κ3) is 4.65. The molecule has 0 fully saturated rings. The Morgan fingerprint density at radius 3 is 2.10 bits per heavy atom. The first kappa shape index (κ1) is 15.7. The summed E-state index contributed by atoms with van der Waals surface area (Å²) in [4.78, 5) is 1.98. The molecule has 110 valence electrons. The van der Waals surface area contributed by atoms with Crippen molar-refractivity contribution in [3.05, 3.63) is 64.6 Å². The van der Waals surface area contributed by atoms with Gasteiger partial charge in [0.25, 0.3) is 0 Å². The van der Waals surface area contributed by atoms with Crippen LogP contribution in [0.5, 0.6) is 5.75 Å². The molecule has 0 aliphatic rings. The number of benzene rings is 2. The fraction of sp³-hybridized carbons (Fsp3) is 0.125. The van der Waals surface area contributed by atoms with Gasteiger partial charge >= 0.3 is 127 Å². The normalized spacial score (nSPS) is 11.8. The van der Waals surface area contributed by atoms with Gasteiger partial charge in [0, 0.05) is 0 Å². The Kier molecular flexibility index (Phi) is 5.10. The molecule has 5 heteroatoms. The maximum atomic E-state index is 12.4. The fourth-order valence-electron chi connectivity index (χ4n) is 1.63. The number of methoxy groups -OCH3 is 1. The molecule has 2 rings (SSSR count). The van der Waals surface area contributed by atoms with Gasteiger partial charge in [0.05, 0.1) is 0 Å². The monoisotopic (exact) mass is 358 g/mol. The minimum atomic E-state index is -4.27. The van der Waals surface area contributed by atoms with Crippen LogP contribution >= 0.6 is 0 Å². The third-order valence-electron chi connectivity index (χ3n) is 2.76. The molecule has 1 nitrogen and oxygen atoms in total. The first-order valence-electron chi connectivity index (χ1n) is 6.13. The molecule has 0 heterocycles. The molecule has 0 radical (unpaired) electrons. The van der Waals surface area contributed by atoms with Gasteiger partial charge in [-0.25, -0.2) is 0 Å². The van der Waals surface area contributed by atoms with E-state index in [0.29, 0.717) is 0 Å². The Hall–Kier alpha value is -1.71. The van der Waals surface area contributed by atoms with Gasteiger partial charge in [-0.1, -0.05) is 0 Å². The molecule has 0 aliphatic carbocycles. The van der Waals surface area contributed by atoms with Gasteiger partial charge in [0.2, 0.25) is 0 Å². The molecule has 2 aromatic rings. The second-order valence-electron chi connectivity index (χ2n) is 4.22. The van der Waals surface area contributed by atoms with E-state index in [-0.39, 0.29) is 15.0 Å². The van der Waals surface area contributed by atoms with Crippen molar-refractivity contribution in [1.82, 2.24) is 0 Å². The van der Waals surface area contributed by atoms with Crippen LogP contribution in [0.25, 0.3) is 6.08 Å². The molecule has 0 saturated carbocycles. The van der Waals surface area contributed by atoms with E-state index in [9.17, 15) is 13.2 Å². The van der Waals surface area contributed by atoms with Crippen LogP contribution in [0.3, 0.4) is 0 Å². The summed E-state index contributed by atoms with van der Waals surface area (Å²) in [7, 11) is 1.61. The summed E-state index contributed by atoms with van der Waals surface area (Å²) in [5, 5.41) is 0. The van der Waals surface area contributed by atoms with Crippen LogP contribution in [0.15, 0.2) is 53.5 Å². The summed E-state index contributed by atoms with van der Waals surface area (Å²) in [5.74, 6) is 0.792. The number of halogens is 3. The van der Waals surface area contributed by atoms with Crippen molar-refractivity contribution in [1.29, 1.82) is 0 Å². The van der Waals surface area contributed by atoms with Crippen LogP contribution in [0.4, 0.5) is 13.2 Å². The molecule has 0 saturated heterocycles. The first-order valence-corrected chi connectivity index (χ1v) is 7.98. The Morgan fingerprint density at radius 2 is 1.57 bits per heavy atom. The Labute approximate surface area is 127 Å². The topological polar surface area (TPSA) is 9.23 Å². The molecule has 21 heavy (non-hydrogen) atoms. The quantitative estimate of drug-likeness (QED) is 0.758. The number of alkyl halides is 3. The molecular formula is C16H13F3OSe. The predicted octanol–water partition coefficient (Wildman–Crippen LogP) is 3.71. The molecule has 0 N–H and O–H groups in total. The van der Waals surface area contributed by atoms with Gasteiger partial charge in [-0.05, 0) is 0 Å². The van der Waals surface area contributed by atoms with Crippen LogP contribution in [0.1, 0.15) is 11.1 Å². The van der Waals surface area contributed by atoms with E-state index in [4.69, 9.17) is 4.74 Å². The standard InChI is InChI=1S/C16H13F3OSe/c1-20-14-6-2-12(3-7-14)10-11-21-15-8-4-13(5-9-15)16(17,18)19/h2-11H,1H3. The van der Waals surface area contributed by atoms with Crippen LogP contribution in [-0.4, -0.2) is 22.1 Å². The van der Waals surface area contributed by atoms with Crippen molar-refractivity contribution in [3.8, 4) is 5.75 Å². The summed E-state index contributed by atoms with van der Waals surface area (Å²) in [6.07, 6.45) is -2.32. The molecule has 0 aromatic heterocycles. The first-order chi connectivity index (χ1) is 9.99. The zero-order valence-electron chi connectivity index (χ0n) is 11.2. The van der Waals surface area contributed by atoms with Crippen molar-refractivity contribution in [2.45, 2.75) is 6.18 Å². The zero-order valence-corrected chi connectivity index (χ0v) is 12.9. The van der Waals surface area contributed by atoms with Crippen LogP contribution in [-0.2, 0) is 6.18 Å². The molecule has 0 bridgehead atoms. The number of rotatable bonds is 4. The molecule has 2 aromatic carbocycles. The fourth-order valence-corrected chi connectivity index (χ4v) is 3.05. The molecule has 0 atom stereocenters. The summed E-state index contributed by atoms with van der Waals surface area (Å²) >= 11 is 0.00402. The van der Waals surface area contributed by atoms with E-state index in [1.54, 1.807) is 7.11 Å². The summed E-state index contributed by atoms with van der Waals surface area (Å²) < 4.78 is 43.3. The average Bonchev–Trinajstić information content (AvgIpc) is 2.47. The van der Waals surface area contributed by atoms with Gasteiger partial charge < -0.3 is 0 Å². The summed E-state index contributed by atoms with van der Waals surface area (Å²) in [6, 6.07) is 12.9. The number of ether oxygens (including phenoxy) is 1. The van der Waals surface area contributed by atoms with Crippen LogP contribution < -0.4 is 9.20 Å². The summed E-state index contributed by atoms with van der Waals surface area (Å²) in [6.45, 7) is 0. The van der Waals surface area contributed by atoms with Crippen LogP contribution in [0.2, 0.25) is 0 Å². The Morgan fingerprint density at radius 1 is 0.952 bits per heavy atom. The van der Waals surface area contributed by atoms with E-state index >= 15 is 0 Å². The van der Waals surface area contributed by atoms with Gasteiger partial charge in [0.15, 0.2) is 0 Å². The van der Waals surface area contributed by atoms with Crippen molar-refractivity contribution < 1.29 is 17.9 Å². The Balaban J connectivity index is 1.97. The van der Waals surface area contributed by atoms with E-state index in [1.807, 2.05) is 35.3 Å². The van der Waals surface area contributed by atoms with Crippen molar-refractivity contribution >= 4 is 25.5 Å². The van der Waals surface area contributed by atoms with Gasteiger partial charge in [-0.15, -0.1) is 0 Å². The molecule has 0 unspecified atom stereocenters. The van der Waals surface area contributed by atoms with Gasteiger partial charge in [0.1, 0.15) is 0 Å². The number of hydrogen-bond donors (Lipinski definition) is 0. The van der Waals surface area contributed by atoms with Crippen molar-refractivity contribution in [2.75, 3.05) is 7.11 Å². The molecular weight excluding hydrogens is 344 g/mol. The second kappa shape index (κ2) is 6.83. The second-order valence-corrected chi connectivity index (χ2v) is 6.27. The van der Waals surface area contributed by atoms with E-state index in [0.717, 1.165) is 27.9 Å². The number of hydrogen-bond acceptors (Lipinski definition) is 1. The minimum absolute atomic E-state index is 0.00402. The van der Waals surface area contributed by atoms with E-state index < -0.39 is 11.7 Å². The predicted molar refractivity (Wildman–Crippen MR) is 78.9 cm³/mol. The van der Waals surface area contributed by atoms with Gasteiger partial charge in [-0.3, -0.25) is 0 Å². The molecule has 0 spiro atoms. The van der Waals surface area contributed by atoms with E-state index in [1.165, 1.54) is 12.1 Å². The SMILES string of the molecule is COc1ccc(C=C[Se]c2ccc(C(F)(F)F)cc2)cc1. The molecule has 0 amide bonds. The average molecular weight is 357 g/mol. The zero-order chi connectivity index (χ0) is 15.3. The summed E-state index contributed by atoms with van der Waals surface area (Å²) in [5.41, 5.74) is 0.422. The van der Waals surface area contributed by atoms with Crippen LogP contribution in [0, 0.1) is 0 Å². The van der Waals surface area contributed by atoms with Crippen molar-refractivity contribution in [2.24, 2.45) is 0 Å². The Bertz CT molecular complexity index is 601. The van der Waals surface area contributed by atoms with E-state index in [2.05, 4.69) is 0 Å². The van der Waals surface area contributed by atoms with Crippen molar-refractivity contribution in [3.63, 3.8) is 0 Å². The molecule has 0 aliphatic heterocycles. The maximum absolute atomic E-state index is 12.4. The third-order valence-corrected chi connectivity index (χ3v) is 4.48.